The van der Waals surface area contributed by atoms with E-state index in [9.17, 15) is 4.79 Å². The Balaban J connectivity index is 2.09. The topological polar surface area (TPSA) is 29.1 Å². The van der Waals surface area contributed by atoms with Crippen LogP contribution in [0.3, 0.4) is 0 Å². The maximum Gasteiger partial charge on any atom is 0.187 e. The summed E-state index contributed by atoms with van der Waals surface area (Å²) >= 11 is 0. The molecule has 0 atom stereocenters. The van der Waals surface area contributed by atoms with Crippen LogP contribution in [0.15, 0.2) is 48.7 Å². The fourth-order valence-electron chi connectivity index (χ4n) is 2.11. The van der Waals surface area contributed by atoms with Gasteiger partial charge in [-0.3, -0.25) is 4.79 Å². The maximum atomic E-state index is 12.1. The van der Waals surface area contributed by atoms with Crippen molar-refractivity contribution in [2.24, 2.45) is 0 Å². The molecule has 2 heteroatoms. The van der Waals surface area contributed by atoms with Crippen molar-refractivity contribution in [3.8, 4) is 0 Å². The normalized spacial score (nSPS) is 10.9. The van der Waals surface area contributed by atoms with Crippen molar-refractivity contribution in [1.29, 1.82) is 0 Å². The molecule has 0 radical (unpaired) electrons. The second-order valence-corrected chi connectivity index (χ2v) is 5.39. The molecule has 0 saturated carbocycles. The van der Waals surface area contributed by atoms with Crippen LogP contribution >= 0.6 is 0 Å². The van der Waals surface area contributed by atoms with Crippen LogP contribution in [0.4, 0.5) is 5.69 Å². The van der Waals surface area contributed by atoms with Crippen molar-refractivity contribution in [1.82, 2.24) is 0 Å². The van der Waals surface area contributed by atoms with Gasteiger partial charge >= 0.3 is 0 Å². The summed E-state index contributed by atoms with van der Waals surface area (Å²) in [6.07, 6.45) is 3.28. The van der Waals surface area contributed by atoms with Crippen molar-refractivity contribution in [2.45, 2.75) is 27.7 Å². The molecule has 0 aromatic heterocycles. The van der Waals surface area contributed by atoms with E-state index in [1.807, 2.05) is 44.2 Å². The molecule has 1 N–H and O–H groups in total. The predicted octanol–water partition coefficient (Wildman–Crippen LogP) is 4.73. The Bertz CT molecular complexity index is 699. The van der Waals surface area contributed by atoms with Gasteiger partial charge in [0, 0.05) is 23.5 Å². The van der Waals surface area contributed by atoms with Gasteiger partial charge in [0.05, 0.1) is 0 Å². The van der Waals surface area contributed by atoms with Gasteiger partial charge in [-0.25, -0.2) is 0 Å². The quantitative estimate of drug-likeness (QED) is 0.647. The third kappa shape index (κ3) is 3.60. The average Bonchev–Trinajstić information content (AvgIpc) is 2.46. The number of aryl methyl sites for hydroxylation is 3. The molecule has 2 aromatic rings. The molecule has 0 aliphatic carbocycles. The van der Waals surface area contributed by atoms with Crippen molar-refractivity contribution < 1.29 is 4.79 Å². The molecule has 108 valence electrons. The van der Waals surface area contributed by atoms with E-state index in [0.717, 1.165) is 16.8 Å². The number of carbonyl (C=O) groups is 1. The van der Waals surface area contributed by atoms with E-state index < -0.39 is 0 Å². The first-order chi connectivity index (χ1) is 9.99. The van der Waals surface area contributed by atoms with E-state index in [2.05, 4.69) is 25.2 Å². The maximum absolute atomic E-state index is 12.1. The molecular weight excluding hydrogens is 258 g/mol. The van der Waals surface area contributed by atoms with Crippen molar-refractivity contribution in [3.05, 3.63) is 76.5 Å². The Morgan fingerprint density at radius 1 is 0.952 bits per heavy atom. The van der Waals surface area contributed by atoms with Gasteiger partial charge in [-0.05, 0) is 62.1 Å². The van der Waals surface area contributed by atoms with Gasteiger partial charge in [0.25, 0.3) is 0 Å². The van der Waals surface area contributed by atoms with E-state index in [4.69, 9.17) is 0 Å². The molecule has 0 saturated heterocycles. The molecular formula is C19H21NO. The van der Waals surface area contributed by atoms with E-state index in [1.54, 1.807) is 12.3 Å². The van der Waals surface area contributed by atoms with Crippen LogP contribution in [0.25, 0.3) is 0 Å². The van der Waals surface area contributed by atoms with Crippen LogP contribution in [0.5, 0.6) is 0 Å². The molecule has 2 nitrogen and oxygen atoms in total. The van der Waals surface area contributed by atoms with Gasteiger partial charge in [0.15, 0.2) is 5.78 Å². The summed E-state index contributed by atoms with van der Waals surface area (Å²) < 4.78 is 0. The highest BCUT2D eigenvalue weighted by Crippen LogP contribution is 2.18. The highest BCUT2D eigenvalue weighted by atomic mass is 16.1. The van der Waals surface area contributed by atoms with Gasteiger partial charge in [-0.15, -0.1) is 0 Å². The van der Waals surface area contributed by atoms with Crippen LogP contribution in [-0.2, 0) is 0 Å². The largest absolute Gasteiger partial charge is 0.361 e. The van der Waals surface area contributed by atoms with Crippen molar-refractivity contribution in [2.75, 3.05) is 5.32 Å². The van der Waals surface area contributed by atoms with Crippen LogP contribution in [0, 0.1) is 27.7 Å². The summed E-state index contributed by atoms with van der Waals surface area (Å²) in [7, 11) is 0. The van der Waals surface area contributed by atoms with Gasteiger partial charge in [0.2, 0.25) is 0 Å². The summed E-state index contributed by atoms with van der Waals surface area (Å²) in [4.78, 5) is 12.1. The van der Waals surface area contributed by atoms with Crippen LogP contribution in [0.1, 0.15) is 32.6 Å². The molecule has 0 aliphatic heterocycles. The molecule has 0 amide bonds. The highest BCUT2D eigenvalue weighted by Gasteiger charge is 2.03. The average molecular weight is 279 g/mol. The number of benzene rings is 2. The van der Waals surface area contributed by atoms with Crippen molar-refractivity contribution in [3.63, 3.8) is 0 Å². The lowest BCUT2D eigenvalue weighted by Gasteiger charge is -2.07. The number of rotatable bonds is 4. The Kier molecular flexibility index (Phi) is 4.59. The first-order valence-electron chi connectivity index (χ1n) is 7.10. The molecule has 0 fully saturated rings. The summed E-state index contributed by atoms with van der Waals surface area (Å²) in [5.74, 6) is 0.0101. The zero-order chi connectivity index (χ0) is 15.4. The monoisotopic (exact) mass is 279 g/mol. The van der Waals surface area contributed by atoms with E-state index >= 15 is 0 Å². The molecule has 0 unspecified atom stereocenters. The third-order valence-corrected chi connectivity index (χ3v) is 3.87. The SMILES string of the molecule is Cc1ccc(C(=O)C=CNc2cccc(C)c2C)cc1C. The van der Waals surface area contributed by atoms with Gasteiger partial charge in [-0.1, -0.05) is 24.3 Å². The molecule has 21 heavy (non-hydrogen) atoms. The zero-order valence-electron chi connectivity index (χ0n) is 13.0. The van der Waals surface area contributed by atoms with Crippen LogP contribution < -0.4 is 5.32 Å². The smallest absolute Gasteiger partial charge is 0.187 e. The first kappa shape index (κ1) is 15.0. The second kappa shape index (κ2) is 6.40. The van der Waals surface area contributed by atoms with Gasteiger partial charge in [-0.2, -0.15) is 0 Å². The van der Waals surface area contributed by atoms with Crippen LogP contribution in [0.2, 0.25) is 0 Å². The molecule has 0 bridgehead atoms. The Morgan fingerprint density at radius 2 is 1.71 bits per heavy atom. The number of hydrogen-bond acceptors (Lipinski definition) is 2. The lowest BCUT2D eigenvalue weighted by Crippen LogP contribution is -1.98. The fraction of sp³-hybridized carbons (Fsp3) is 0.211. The van der Waals surface area contributed by atoms with E-state index in [-0.39, 0.29) is 5.78 Å². The van der Waals surface area contributed by atoms with Gasteiger partial charge < -0.3 is 5.32 Å². The Morgan fingerprint density at radius 3 is 2.43 bits per heavy atom. The summed E-state index contributed by atoms with van der Waals surface area (Å²) in [6.45, 7) is 8.20. The van der Waals surface area contributed by atoms with Crippen molar-refractivity contribution >= 4 is 11.5 Å². The van der Waals surface area contributed by atoms with E-state index in [1.165, 1.54) is 16.7 Å². The minimum Gasteiger partial charge on any atom is -0.361 e. The number of hydrogen-bond donors (Lipinski definition) is 1. The molecule has 2 aromatic carbocycles. The lowest BCUT2D eigenvalue weighted by molar-refractivity contribution is 0.104. The standard InChI is InChI=1S/C19H21NO/c1-13-8-9-17(12-15(13)3)19(21)10-11-20-18-7-5-6-14(2)16(18)4/h5-12,20H,1-4H3. The second-order valence-electron chi connectivity index (χ2n) is 5.39. The number of carbonyl (C=O) groups excluding carboxylic acids is 1. The fourth-order valence-corrected chi connectivity index (χ4v) is 2.11. The first-order valence-corrected chi connectivity index (χ1v) is 7.10. The lowest BCUT2D eigenvalue weighted by atomic mass is 10.0. The molecule has 0 heterocycles. The predicted molar refractivity (Wildman–Crippen MR) is 88.9 cm³/mol. The van der Waals surface area contributed by atoms with Gasteiger partial charge in [0.1, 0.15) is 0 Å². The molecule has 2 rings (SSSR count). The van der Waals surface area contributed by atoms with Crippen LogP contribution in [-0.4, -0.2) is 5.78 Å². The molecule has 0 spiro atoms. The minimum absolute atomic E-state index is 0.0101. The third-order valence-electron chi connectivity index (χ3n) is 3.87. The van der Waals surface area contributed by atoms with E-state index in [0.29, 0.717) is 0 Å². The number of anilines is 1. The number of ketones is 1. The minimum atomic E-state index is 0.0101. The molecule has 0 aliphatic rings. The summed E-state index contributed by atoms with van der Waals surface area (Å²) in [5, 5.41) is 3.18. The Labute approximate surface area is 126 Å². The number of nitrogens with one attached hydrogen (secondary N) is 1. The summed E-state index contributed by atoms with van der Waals surface area (Å²) in [5.41, 5.74) is 6.51. The number of allylic oxidation sites excluding steroid dienone is 1. The summed E-state index contributed by atoms with van der Waals surface area (Å²) in [6, 6.07) is 11.9. The highest BCUT2D eigenvalue weighted by molar-refractivity contribution is 6.04. The zero-order valence-corrected chi connectivity index (χ0v) is 13.0. The Hall–Kier alpha value is -2.35.